The zero-order valence-electron chi connectivity index (χ0n) is 16.0. The fourth-order valence-corrected chi connectivity index (χ4v) is 3.42. The Morgan fingerprint density at radius 1 is 1.17 bits per heavy atom. The molecule has 0 aromatic heterocycles. The molecular weight excluding hydrogens is 306 g/mol. The van der Waals surface area contributed by atoms with Crippen LogP contribution in [-0.2, 0) is 4.74 Å². The molecule has 1 aliphatic rings. The van der Waals surface area contributed by atoms with E-state index in [1.807, 2.05) is 34.6 Å². The topological polar surface area (TPSA) is 78.8 Å². The van der Waals surface area contributed by atoms with Crippen LogP contribution in [-0.4, -0.2) is 40.2 Å². The molecule has 3 atom stereocenters. The molecule has 0 saturated heterocycles. The van der Waals surface area contributed by atoms with Gasteiger partial charge in [-0.05, 0) is 45.4 Å². The molecule has 5 heteroatoms. The van der Waals surface area contributed by atoms with Crippen molar-refractivity contribution < 1.29 is 19.7 Å². The van der Waals surface area contributed by atoms with Crippen molar-refractivity contribution in [3.63, 3.8) is 0 Å². The third-order valence-electron chi connectivity index (χ3n) is 4.53. The smallest absolute Gasteiger partial charge is 0.407 e. The van der Waals surface area contributed by atoms with Crippen LogP contribution in [0.1, 0.15) is 79.6 Å². The monoisotopic (exact) mass is 343 g/mol. The van der Waals surface area contributed by atoms with Gasteiger partial charge in [-0.2, -0.15) is 0 Å². The Kier molecular flexibility index (Phi) is 8.51. The predicted molar refractivity (Wildman–Crippen MR) is 95.8 cm³/mol. The van der Waals surface area contributed by atoms with Crippen molar-refractivity contribution >= 4 is 6.09 Å². The molecule has 0 bridgehead atoms. The zero-order chi connectivity index (χ0) is 18.3. The van der Waals surface area contributed by atoms with E-state index >= 15 is 0 Å². The van der Waals surface area contributed by atoms with Crippen molar-refractivity contribution in [1.82, 2.24) is 5.32 Å². The van der Waals surface area contributed by atoms with Crippen LogP contribution in [0.5, 0.6) is 0 Å². The second kappa shape index (κ2) is 9.62. The molecule has 1 rings (SSSR count). The van der Waals surface area contributed by atoms with E-state index in [-0.39, 0.29) is 5.92 Å². The summed E-state index contributed by atoms with van der Waals surface area (Å²) in [5.41, 5.74) is -0.582. The first kappa shape index (κ1) is 21.2. The number of rotatable bonds is 7. The number of carbonyl (C=O) groups excluding carboxylic acids is 1. The van der Waals surface area contributed by atoms with E-state index < -0.39 is 29.9 Å². The van der Waals surface area contributed by atoms with E-state index in [9.17, 15) is 15.0 Å². The third-order valence-corrected chi connectivity index (χ3v) is 4.53. The molecule has 0 aromatic rings. The van der Waals surface area contributed by atoms with Crippen LogP contribution in [0.2, 0.25) is 0 Å². The second-order valence-electron chi connectivity index (χ2n) is 8.68. The third kappa shape index (κ3) is 8.34. The standard InChI is InChI=1S/C19H37NO4/c1-13(2)11-16(21)17(22)15(12-14-9-7-6-8-10-14)20-18(23)24-19(3,4)5/h13-17,21-22H,6-12H2,1-5H3,(H,20,23)/t15-,16+,17-/m0/s1. The zero-order valence-corrected chi connectivity index (χ0v) is 16.0. The molecule has 0 aliphatic heterocycles. The molecule has 0 heterocycles. The van der Waals surface area contributed by atoms with E-state index in [1.165, 1.54) is 19.3 Å². The van der Waals surface area contributed by atoms with Crippen molar-refractivity contribution in [2.24, 2.45) is 11.8 Å². The van der Waals surface area contributed by atoms with Gasteiger partial charge in [0.25, 0.3) is 0 Å². The van der Waals surface area contributed by atoms with Crippen molar-refractivity contribution in [1.29, 1.82) is 0 Å². The molecule has 0 spiro atoms. The molecule has 0 radical (unpaired) electrons. The lowest BCUT2D eigenvalue weighted by molar-refractivity contribution is -0.0232. The van der Waals surface area contributed by atoms with Crippen LogP contribution in [0.3, 0.4) is 0 Å². The normalized spacial score (nSPS) is 20.5. The summed E-state index contributed by atoms with van der Waals surface area (Å²) in [4.78, 5) is 12.1. The van der Waals surface area contributed by atoms with Gasteiger partial charge in [-0.1, -0.05) is 46.0 Å². The number of carbonyl (C=O) groups is 1. The maximum Gasteiger partial charge on any atom is 0.407 e. The van der Waals surface area contributed by atoms with Crippen molar-refractivity contribution in [3.05, 3.63) is 0 Å². The van der Waals surface area contributed by atoms with Gasteiger partial charge < -0.3 is 20.3 Å². The van der Waals surface area contributed by atoms with Crippen LogP contribution >= 0.6 is 0 Å². The number of amides is 1. The number of hydrogen-bond acceptors (Lipinski definition) is 4. The van der Waals surface area contributed by atoms with E-state index in [4.69, 9.17) is 4.74 Å². The largest absolute Gasteiger partial charge is 0.444 e. The summed E-state index contributed by atoms with van der Waals surface area (Å²) in [6, 6.07) is -0.475. The number of aliphatic hydroxyl groups excluding tert-OH is 2. The summed E-state index contributed by atoms with van der Waals surface area (Å²) in [6.45, 7) is 9.45. The first-order valence-corrected chi connectivity index (χ1v) is 9.44. The van der Waals surface area contributed by atoms with Gasteiger partial charge in [0.05, 0.1) is 12.1 Å². The Morgan fingerprint density at radius 2 is 1.75 bits per heavy atom. The summed E-state index contributed by atoms with van der Waals surface area (Å²) in [5, 5.41) is 23.7. The Bertz CT molecular complexity index is 372. The van der Waals surface area contributed by atoms with Crippen LogP contribution in [0.25, 0.3) is 0 Å². The molecule has 1 aliphatic carbocycles. The van der Waals surface area contributed by atoms with Gasteiger partial charge in [-0.15, -0.1) is 0 Å². The average molecular weight is 344 g/mol. The number of alkyl carbamates (subject to hydrolysis) is 1. The molecule has 3 N–H and O–H groups in total. The number of aliphatic hydroxyl groups is 2. The number of hydrogen-bond donors (Lipinski definition) is 3. The first-order valence-electron chi connectivity index (χ1n) is 9.44. The van der Waals surface area contributed by atoms with E-state index in [2.05, 4.69) is 5.32 Å². The predicted octanol–water partition coefficient (Wildman–Crippen LogP) is 3.62. The Balaban J connectivity index is 2.71. The van der Waals surface area contributed by atoms with Crippen molar-refractivity contribution in [3.8, 4) is 0 Å². The summed E-state index contributed by atoms with van der Waals surface area (Å²) in [7, 11) is 0. The molecule has 142 valence electrons. The molecule has 5 nitrogen and oxygen atoms in total. The minimum atomic E-state index is -0.971. The van der Waals surface area contributed by atoms with Crippen LogP contribution < -0.4 is 5.32 Å². The van der Waals surface area contributed by atoms with Crippen molar-refractivity contribution in [2.45, 2.75) is 103 Å². The quantitative estimate of drug-likeness (QED) is 0.660. The highest BCUT2D eigenvalue weighted by molar-refractivity contribution is 5.68. The highest BCUT2D eigenvalue weighted by atomic mass is 16.6. The maximum absolute atomic E-state index is 12.1. The van der Waals surface area contributed by atoms with Gasteiger partial charge in [0.1, 0.15) is 11.7 Å². The fraction of sp³-hybridized carbons (Fsp3) is 0.947. The van der Waals surface area contributed by atoms with Gasteiger partial charge in [-0.3, -0.25) is 0 Å². The SMILES string of the molecule is CC(C)C[C@@H](O)[C@@H](O)[C@H](CC1CCCCC1)NC(=O)OC(C)(C)C. The molecular formula is C19H37NO4. The first-order chi connectivity index (χ1) is 11.1. The van der Waals surface area contributed by atoms with Gasteiger partial charge in [0.2, 0.25) is 0 Å². The second-order valence-corrected chi connectivity index (χ2v) is 8.68. The number of ether oxygens (including phenoxy) is 1. The van der Waals surface area contributed by atoms with Crippen LogP contribution in [0.4, 0.5) is 4.79 Å². The highest BCUT2D eigenvalue weighted by Crippen LogP contribution is 2.29. The molecule has 1 saturated carbocycles. The van der Waals surface area contributed by atoms with Crippen molar-refractivity contribution in [2.75, 3.05) is 0 Å². The van der Waals surface area contributed by atoms with Gasteiger partial charge in [0, 0.05) is 0 Å². The lowest BCUT2D eigenvalue weighted by atomic mass is 9.82. The van der Waals surface area contributed by atoms with Gasteiger partial charge in [-0.25, -0.2) is 4.79 Å². The minimum Gasteiger partial charge on any atom is -0.444 e. The summed E-state index contributed by atoms with van der Waals surface area (Å²) in [6.07, 6.45) is 4.78. The van der Waals surface area contributed by atoms with Gasteiger partial charge >= 0.3 is 6.09 Å². The summed E-state index contributed by atoms with van der Waals surface area (Å²) in [5.74, 6) is 0.770. The molecule has 24 heavy (non-hydrogen) atoms. The maximum atomic E-state index is 12.1. The minimum absolute atomic E-state index is 0.284. The van der Waals surface area contributed by atoms with E-state index in [1.54, 1.807) is 0 Å². The number of nitrogens with one attached hydrogen (secondary N) is 1. The van der Waals surface area contributed by atoms with Gasteiger partial charge in [0.15, 0.2) is 0 Å². The van der Waals surface area contributed by atoms with E-state index in [0.29, 0.717) is 18.8 Å². The fourth-order valence-electron chi connectivity index (χ4n) is 3.42. The van der Waals surface area contributed by atoms with Crippen LogP contribution in [0, 0.1) is 11.8 Å². The Morgan fingerprint density at radius 3 is 2.25 bits per heavy atom. The van der Waals surface area contributed by atoms with Crippen LogP contribution in [0.15, 0.2) is 0 Å². The van der Waals surface area contributed by atoms with E-state index in [0.717, 1.165) is 12.8 Å². The average Bonchev–Trinajstić information content (AvgIpc) is 2.44. The molecule has 0 unspecified atom stereocenters. The Hall–Kier alpha value is -0.810. The summed E-state index contributed by atoms with van der Waals surface area (Å²) >= 11 is 0. The molecule has 0 aromatic carbocycles. The molecule has 1 fully saturated rings. The molecule has 1 amide bonds. The lowest BCUT2D eigenvalue weighted by Gasteiger charge is -2.33. The Labute approximate surface area is 147 Å². The summed E-state index contributed by atoms with van der Waals surface area (Å²) < 4.78 is 5.33. The highest BCUT2D eigenvalue weighted by Gasteiger charge is 2.32. The lowest BCUT2D eigenvalue weighted by Crippen LogP contribution is -2.51.